The lowest BCUT2D eigenvalue weighted by molar-refractivity contribution is -0.120. The molecular weight excluding hydrogens is 404 g/mol. The summed E-state index contributed by atoms with van der Waals surface area (Å²) in [5.41, 5.74) is 4.78. The molecule has 30 heavy (non-hydrogen) atoms. The topological polar surface area (TPSA) is 84.9 Å². The van der Waals surface area contributed by atoms with Crippen LogP contribution in [0.3, 0.4) is 0 Å². The number of benzene rings is 2. The van der Waals surface area contributed by atoms with Crippen molar-refractivity contribution in [3.05, 3.63) is 52.6 Å². The zero-order valence-electron chi connectivity index (χ0n) is 18.0. The molecule has 0 bridgehead atoms. The van der Waals surface area contributed by atoms with E-state index in [1.807, 2.05) is 27.7 Å². The Morgan fingerprint density at radius 3 is 2.33 bits per heavy atom. The quantitative estimate of drug-likeness (QED) is 0.758. The number of carbonyl (C=O) groups is 1. The number of aryl methyl sites for hydroxylation is 3. The van der Waals surface area contributed by atoms with E-state index in [0.29, 0.717) is 30.4 Å². The van der Waals surface area contributed by atoms with Crippen molar-refractivity contribution >= 4 is 21.6 Å². The number of ether oxygens (including phenoxy) is 2. The van der Waals surface area contributed by atoms with Crippen LogP contribution in [0.1, 0.15) is 35.2 Å². The number of anilines is 1. The van der Waals surface area contributed by atoms with Crippen LogP contribution >= 0.6 is 0 Å². The van der Waals surface area contributed by atoms with Crippen molar-refractivity contribution in [1.82, 2.24) is 5.32 Å². The largest absolute Gasteiger partial charge is 0.486 e. The summed E-state index contributed by atoms with van der Waals surface area (Å²) in [7, 11) is -3.68. The van der Waals surface area contributed by atoms with Crippen LogP contribution in [0.2, 0.25) is 0 Å². The van der Waals surface area contributed by atoms with E-state index in [0.717, 1.165) is 27.3 Å². The highest BCUT2D eigenvalue weighted by Gasteiger charge is 2.24. The number of rotatable bonds is 6. The summed E-state index contributed by atoms with van der Waals surface area (Å²) in [5, 5.41) is 2.92. The van der Waals surface area contributed by atoms with E-state index in [1.165, 1.54) is 5.56 Å². The Hall–Kier alpha value is -2.74. The van der Waals surface area contributed by atoms with Gasteiger partial charge in [0.25, 0.3) is 0 Å². The van der Waals surface area contributed by atoms with Gasteiger partial charge in [-0.3, -0.25) is 9.10 Å². The molecule has 0 aliphatic carbocycles. The predicted octanol–water partition coefficient (Wildman–Crippen LogP) is 3.03. The zero-order chi connectivity index (χ0) is 22.1. The van der Waals surface area contributed by atoms with E-state index in [4.69, 9.17) is 9.47 Å². The molecule has 1 N–H and O–H groups in total. The second-order valence-corrected chi connectivity index (χ2v) is 9.59. The fourth-order valence-electron chi connectivity index (χ4n) is 3.53. The maximum absolute atomic E-state index is 12.7. The molecule has 0 aromatic heterocycles. The van der Waals surface area contributed by atoms with Crippen molar-refractivity contribution in [1.29, 1.82) is 0 Å². The molecule has 162 valence electrons. The minimum absolute atomic E-state index is 0.251. The van der Waals surface area contributed by atoms with Crippen molar-refractivity contribution in [2.24, 2.45) is 0 Å². The summed E-state index contributed by atoms with van der Waals surface area (Å²) >= 11 is 0. The van der Waals surface area contributed by atoms with Crippen LogP contribution in [-0.2, 0) is 14.8 Å². The van der Waals surface area contributed by atoms with Gasteiger partial charge in [0.1, 0.15) is 19.8 Å². The molecule has 0 saturated carbocycles. The summed E-state index contributed by atoms with van der Waals surface area (Å²) in [6.07, 6.45) is 1.08. The molecule has 2 aromatic carbocycles. The molecular formula is C22H28N2O5S. The Balaban J connectivity index is 1.79. The van der Waals surface area contributed by atoms with E-state index < -0.39 is 10.0 Å². The average molecular weight is 433 g/mol. The van der Waals surface area contributed by atoms with Gasteiger partial charge in [0.2, 0.25) is 15.9 Å². The molecule has 1 amide bonds. The number of nitrogens with zero attached hydrogens (tertiary/aromatic N) is 1. The first kappa shape index (κ1) is 22.0. The molecule has 1 aliphatic heterocycles. The Morgan fingerprint density at radius 2 is 1.67 bits per heavy atom. The third-order valence-electron chi connectivity index (χ3n) is 5.23. The molecule has 7 nitrogen and oxygen atoms in total. The number of hydrogen-bond donors (Lipinski definition) is 1. The Labute approximate surface area is 178 Å². The van der Waals surface area contributed by atoms with E-state index in [1.54, 1.807) is 18.2 Å². The summed E-state index contributed by atoms with van der Waals surface area (Å²) in [4.78, 5) is 12.7. The van der Waals surface area contributed by atoms with Crippen LogP contribution in [0.25, 0.3) is 0 Å². The van der Waals surface area contributed by atoms with Gasteiger partial charge in [0, 0.05) is 6.07 Å². The maximum atomic E-state index is 12.7. The summed E-state index contributed by atoms with van der Waals surface area (Å²) < 4.78 is 36.9. The lowest BCUT2D eigenvalue weighted by Gasteiger charge is -2.26. The standard InChI is InChI=1S/C22H28N2O5S/c1-14-10-16(3)19(11-15(14)2)17(4)23-22(25)13-24(30(5,26)27)18-6-7-20-21(12-18)29-9-8-28-20/h6-7,10-12,17H,8-9,13H2,1-5H3,(H,23,25)/t17-/m1/s1. The van der Waals surface area contributed by atoms with E-state index in [-0.39, 0.29) is 18.5 Å². The molecule has 1 aliphatic rings. The molecule has 0 unspecified atom stereocenters. The molecule has 1 atom stereocenters. The number of hydrogen-bond acceptors (Lipinski definition) is 5. The number of amides is 1. The Kier molecular flexibility index (Phi) is 6.26. The third-order valence-corrected chi connectivity index (χ3v) is 6.37. The minimum atomic E-state index is -3.68. The van der Waals surface area contributed by atoms with Crippen LogP contribution in [0.4, 0.5) is 5.69 Å². The van der Waals surface area contributed by atoms with Crippen molar-refractivity contribution < 1.29 is 22.7 Å². The third kappa shape index (κ3) is 4.87. The van der Waals surface area contributed by atoms with E-state index in [2.05, 4.69) is 17.4 Å². The van der Waals surface area contributed by atoms with Crippen molar-refractivity contribution in [3.63, 3.8) is 0 Å². The normalized spacial score (nSPS) is 14.2. The fraction of sp³-hybridized carbons (Fsp3) is 0.409. The van der Waals surface area contributed by atoms with E-state index >= 15 is 0 Å². The first-order valence-electron chi connectivity index (χ1n) is 9.80. The van der Waals surface area contributed by atoms with Gasteiger partial charge in [-0.25, -0.2) is 8.42 Å². The van der Waals surface area contributed by atoms with Gasteiger partial charge in [0.15, 0.2) is 11.5 Å². The van der Waals surface area contributed by atoms with Gasteiger partial charge in [-0.05, 0) is 62.1 Å². The molecule has 0 fully saturated rings. The highest BCUT2D eigenvalue weighted by atomic mass is 32.2. The van der Waals surface area contributed by atoms with Gasteiger partial charge < -0.3 is 14.8 Å². The smallest absolute Gasteiger partial charge is 0.241 e. The molecule has 0 saturated heterocycles. The zero-order valence-corrected chi connectivity index (χ0v) is 18.8. The maximum Gasteiger partial charge on any atom is 0.241 e. The highest BCUT2D eigenvalue weighted by Crippen LogP contribution is 2.34. The highest BCUT2D eigenvalue weighted by molar-refractivity contribution is 7.92. The molecule has 3 rings (SSSR count). The van der Waals surface area contributed by atoms with Gasteiger partial charge >= 0.3 is 0 Å². The monoisotopic (exact) mass is 432 g/mol. The van der Waals surface area contributed by atoms with Crippen LogP contribution in [0.5, 0.6) is 11.5 Å². The first-order chi connectivity index (χ1) is 14.1. The van der Waals surface area contributed by atoms with Crippen molar-refractivity contribution in [2.45, 2.75) is 33.7 Å². The fourth-order valence-corrected chi connectivity index (χ4v) is 4.38. The molecule has 1 heterocycles. The summed E-state index contributed by atoms with van der Waals surface area (Å²) in [6, 6.07) is 8.74. The number of nitrogens with one attached hydrogen (secondary N) is 1. The molecule has 8 heteroatoms. The molecule has 2 aromatic rings. The minimum Gasteiger partial charge on any atom is -0.486 e. The lowest BCUT2D eigenvalue weighted by atomic mass is 9.96. The average Bonchev–Trinajstić information content (AvgIpc) is 2.67. The Bertz CT molecular complexity index is 1070. The van der Waals surface area contributed by atoms with Crippen LogP contribution in [0.15, 0.2) is 30.3 Å². The molecule has 0 spiro atoms. The lowest BCUT2D eigenvalue weighted by Crippen LogP contribution is -2.41. The van der Waals surface area contributed by atoms with Crippen LogP contribution in [0, 0.1) is 20.8 Å². The van der Waals surface area contributed by atoms with Gasteiger partial charge in [0.05, 0.1) is 18.0 Å². The van der Waals surface area contributed by atoms with Crippen molar-refractivity contribution in [3.8, 4) is 11.5 Å². The molecule has 0 radical (unpaired) electrons. The number of carbonyl (C=O) groups excluding carboxylic acids is 1. The second kappa shape index (κ2) is 8.55. The van der Waals surface area contributed by atoms with Gasteiger partial charge in [-0.15, -0.1) is 0 Å². The summed E-state index contributed by atoms with van der Waals surface area (Å²) in [5.74, 6) is 0.633. The van der Waals surface area contributed by atoms with Crippen LogP contribution in [-0.4, -0.2) is 40.3 Å². The number of fused-ring (bicyclic) bond motifs is 1. The number of sulfonamides is 1. The van der Waals surface area contributed by atoms with Gasteiger partial charge in [-0.1, -0.05) is 12.1 Å². The predicted molar refractivity (Wildman–Crippen MR) is 117 cm³/mol. The Morgan fingerprint density at radius 1 is 1.03 bits per heavy atom. The van der Waals surface area contributed by atoms with E-state index in [9.17, 15) is 13.2 Å². The van der Waals surface area contributed by atoms with Gasteiger partial charge in [-0.2, -0.15) is 0 Å². The SMILES string of the molecule is Cc1cc(C)c([C@@H](C)NC(=O)CN(c2ccc3c(c2)OCCO3)S(C)(=O)=O)cc1C. The second-order valence-electron chi connectivity index (χ2n) is 7.68. The first-order valence-corrected chi connectivity index (χ1v) is 11.7. The van der Waals surface area contributed by atoms with Crippen molar-refractivity contribution in [2.75, 3.05) is 30.3 Å². The van der Waals surface area contributed by atoms with Crippen LogP contribution < -0.4 is 19.1 Å². The summed E-state index contributed by atoms with van der Waals surface area (Å²) in [6.45, 7) is 8.48.